The van der Waals surface area contributed by atoms with Crippen LogP contribution in [-0.2, 0) is 0 Å². The number of thiol groups is 1. The van der Waals surface area contributed by atoms with Crippen molar-refractivity contribution in [1.82, 2.24) is 4.90 Å². The Kier molecular flexibility index (Phi) is 4.98. The monoisotopic (exact) mass is 282 g/mol. The van der Waals surface area contributed by atoms with Crippen molar-refractivity contribution < 1.29 is 0 Å². The zero-order valence-corrected chi connectivity index (χ0v) is 12.1. The first-order chi connectivity index (χ1) is 8.70. The molecule has 0 bridgehead atoms. The molecule has 0 radical (unpaired) electrons. The van der Waals surface area contributed by atoms with Crippen LogP contribution in [0.2, 0.25) is 5.02 Å². The van der Waals surface area contributed by atoms with E-state index in [2.05, 4.69) is 35.1 Å². The number of anilines is 1. The van der Waals surface area contributed by atoms with Gasteiger partial charge in [-0.3, -0.25) is 4.90 Å². The Morgan fingerprint density at radius 2 is 1.89 bits per heavy atom. The molecule has 2 rings (SSSR count). The molecule has 0 aliphatic carbocycles. The second kappa shape index (κ2) is 6.50. The molecule has 0 spiro atoms. The quantitative estimate of drug-likeness (QED) is 0.670. The molecule has 1 saturated heterocycles. The third kappa shape index (κ3) is 3.44. The van der Waals surface area contributed by atoms with Gasteiger partial charge in [-0.15, -0.1) is 0 Å². The number of piperazine rings is 1. The molecular formula is C14H19ClN2S. The molecule has 98 valence electrons. The lowest BCUT2D eigenvalue weighted by atomic mass is 10.2. The summed E-state index contributed by atoms with van der Waals surface area (Å²) >= 11 is 10.5. The Balaban J connectivity index is 1.91. The van der Waals surface area contributed by atoms with Crippen LogP contribution in [0.1, 0.15) is 0 Å². The number of hydrogen-bond donors (Lipinski definition) is 1. The number of halogens is 1. The van der Waals surface area contributed by atoms with Crippen molar-refractivity contribution in [3.63, 3.8) is 0 Å². The first kappa shape index (κ1) is 13.8. The summed E-state index contributed by atoms with van der Waals surface area (Å²) in [6.45, 7) is 9.11. The summed E-state index contributed by atoms with van der Waals surface area (Å²) in [7, 11) is 0. The van der Waals surface area contributed by atoms with E-state index in [0.717, 1.165) is 49.2 Å². The van der Waals surface area contributed by atoms with Crippen molar-refractivity contribution in [3.05, 3.63) is 41.4 Å². The number of hydrogen-bond acceptors (Lipinski definition) is 3. The summed E-state index contributed by atoms with van der Waals surface area (Å²) in [5.74, 6) is 0.769. The third-order valence-electron chi connectivity index (χ3n) is 3.24. The van der Waals surface area contributed by atoms with E-state index in [4.69, 9.17) is 11.6 Å². The van der Waals surface area contributed by atoms with Crippen molar-refractivity contribution in [2.75, 3.05) is 43.4 Å². The molecule has 1 fully saturated rings. The van der Waals surface area contributed by atoms with Gasteiger partial charge in [0.15, 0.2) is 0 Å². The van der Waals surface area contributed by atoms with E-state index in [-0.39, 0.29) is 0 Å². The molecule has 0 saturated carbocycles. The first-order valence-corrected chi connectivity index (χ1v) is 7.21. The second-order valence-electron chi connectivity index (χ2n) is 4.62. The standard InChI is InChI=1S/C14H19ClN2S/c1-12(11-18)10-16-6-8-17(9-7-16)14-5-3-2-4-13(14)15/h2-5,18H,1,6-11H2. The van der Waals surface area contributed by atoms with Gasteiger partial charge < -0.3 is 4.90 Å². The van der Waals surface area contributed by atoms with Crippen molar-refractivity contribution in [2.24, 2.45) is 0 Å². The summed E-state index contributed by atoms with van der Waals surface area (Å²) < 4.78 is 0. The first-order valence-electron chi connectivity index (χ1n) is 6.20. The molecule has 0 aromatic heterocycles. The predicted octanol–water partition coefficient (Wildman–Crippen LogP) is 2.95. The second-order valence-corrected chi connectivity index (χ2v) is 5.35. The van der Waals surface area contributed by atoms with Gasteiger partial charge in [-0.25, -0.2) is 0 Å². The van der Waals surface area contributed by atoms with Crippen LogP contribution in [0.3, 0.4) is 0 Å². The molecule has 1 aliphatic heterocycles. The molecule has 1 aromatic carbocycles. The Morgan fingerprint density at radius 3 is 2.50 bits per heavy atom. The number of para-hydroxylation sites is 1. The summed E-state index contributed by atoms with van der Waals surface area (Å²) in [5.41, 5.74) is 2.33. The average molecular weight is 283 g/mol. The Morgan fingerprint density at radius 1 is 1.22 bits per heavy atom. The van der Waals surface area contributed by atoms with Gasteiger partial charge in [-0.2, -0.15) is 12.6 Å². The van der Waals surface area contributed by atoms with Crippen LogP contribution in [0.5, 0.6) is 0 Å². The highest BCUT2D eigenvalue weighted by Crippen LogP contribution is 2.26. The lowest BCUT2D eigenvalue weighted by Crippen LogP contribution is -2.47. The Bertz CT molecular complexity index is 414. The molecule has 2 nitrogen and oxygen atoms in total. The molecule has 0 amide bonds. The number of nitrogens with zero attached hydrogens (tertiary/aromatic N) is 2. The minimum absolute atomic E-state index is 0.769. The van der Waals surface area contributed by atoms with Gasteiger partial charge in [0.25, 0.3) is 0 Å². The SMILES string of the molecule is C=C(CS)CN1CCN(c2ccccc2Cl)CC1. The van der Waals surface area contributed by atoms with Gasteiger partial charge in [-0.05, 0) is 12.1 Å². The van der Waals surface area contributed by atoms with Crippen LogP contribution >= 0.6 is 24.2 Å². The van der Waals surface area contributed by atoms with E-state index in [9.17, 15) is 0 Å². The highest BCUT2D eigenvalue weighted by Gasteiger charge is 2.18. The smallest absolute Gasteiger partial charge is 0.0639 e. The van der Waals surface area contributed by atoms with Gasteiger partial charge >= 0.3 is 0 Å². The molecule has 0 unspecified atom stereocenters. The van der Waals surface area contributed by atoms with E-state index in [1.807, 2.05) is 18.2 Å². The lowest BCUT2D eigenvalue weighted by molar-refractivity contribution is 0.279. The zero-order valence-electron chi connectivity index (χ0n) is 10.5. The van der Waals surface area contributed by atoms with E-state index in [0.29, 0.717) is 0 Å². The third-order valence-corrected chi connectivity index (χ3v) is 4.00. The van der Waals surface area contributed by atoms with Crippen molar-refractivity contribution >= 4 is 29.9 Å². The van der Waals surface area contributed by atoms with Gasteiger partial charge in [-0.1, -0.05) is 35.9 Å². The van der Waals surface area contributed by atoms with Crippen LogP contribution in [0, 0.1) is 0 Å². The van der Waals surface area contributed by atoms with Gasteiger partial charge in [0.1, 0.15) is 0 Å². The molecule has 0 atom stereocenters. The van der Waals surface area contributed by atoms with Crippen molar-refractivity contribution in [2.45, 2.75) is 0 Å². The number of benzene rings is 1. The van der Waals surface area contributed by atoms with Gasteiger partial charge in [0, 0.05) is 38.5 Å². The fourth-order valence-electron chi connectivity index (χ4n) is 2.22. The predicted molar refractivity (Wildman–Crippen MR) is 83.1 cm³/mol. The maximum atomic E-state index is 6.22. The van der Waals surface area contributed by atoms with Crippen LogP contribution in [0.25, 0.3) is 0 Å². The average Bonchev–Trinajstić information content (AvgIpc) is 2.40. The zero-order chi connectivity index (χ0) is 13.0. The van der Waals surface area contributed by atoms with E-state index < -0.39 is 0 Å². The minimum Gasteiger partial charge on any atom is -0.368 e. The molecule has 18 heavy (non-hydrogen) atoms. The summed E-state index contributed by atoms with van der Waals surface area (Å²) in [6, 6.07) is 8.05. The maximum Gasteiger partial charge on any atom is 0.0639 e. The summed E-state index contributed by atoms with van der Waals surface area (Å²) in [5, 5.41) is 0.839. The van der Waals surface area contributed by atoms with E-state index in [1.54, 1.807) is 0 Å². The fraction of sp³-hybridized carbons (Fsp3) is 0.429. The van der Waals surface area contributed by atoms with Crippen LogP contribution in [0.15, 0.2) is 36.4 Å². The van der Waals surface area contributed by atoms with Crippen molar-refractivity contribution in [1.29, 1.82) is 0 Å². The summed E-state index contributed by atoms with van der Waals surface area (Å²) in [6.07, 6.45) is 0. The topological polar surface area (TPSA) is 6.48 Å². The van der Waals surface area contributed by atoms with Crippen molar-refractivity contribution in [3.8, 4) is 0 Å². The van der Waals surface area contributed by atoms with Crippen LogP contribution in [0.4, 0.5) is 5.69 Å². The van der Waals surface area contributed by atoms with E-state index >= 15 is 0 Å². The normalized spacial score (nSPS) is 16.9. The van der Waals surface area contributed by atoms with E-state index in [1.165, 1.54) is 5.57 Å². The molecular weight excluding hydrogens is 264 g/mol. The molecule has 4 heteroatoms. The highest BCUT2D eigenvalue weighted by molar-refractivity contribution is 7.80. The molecule has 1 heterocycles. The largest absolute Gasteiger partial charge is 0.368 e. The van der Waals surface area contributed by atoms with Crippen LogP contribution in [-0.4, -0.2) is 43.4 Å². The van der Waals surface area contributed by atoms with Gasteiger partial charge in [0.05, 0.1) is 10.7 Å². The molecule has 1 aromatic rings. The fourth-order valence-corrected chi connectivity index (χ4v) is 2.58. The van der Waals surface area contributed by atoms with Gasteiger partial charge in [0.2, 0.25) is 0 Å². The van der Waals surface area contributed by atoms with Crippen LogP contribution < -0.4 is 4.90 Å². The minimum atomic E-state index is 0.769. The number of rotatable bonds is 4. The maximum absolute atomic E-state index is 6.22. The summed E-state index contributed by atoms with van der Waals surface area (Å²) in [4.78, 5) is 4.77. The molecule has 0 N–H and O–H groups in total. The highest BCUT2D eigenvalue weighted by atomic mass is 35.5. The Hall–Kier alpha value is -0.640. The molecule has 1 aliphatic rings. The Labute approximate surface area is 120 Å². The lowest BCUT2D eigenvalue weighted by Gasteiger charge is -2.36.